The SMILES string of the molecule is C=C/C(OC)=C(\C(=C/C)OC)n1c(CCC2CC2)nc(O)c(-c2nnc(Cc3csc(C)n3)o2)c1=O. The number of nitrogens with zero attached hydrogens (tertiary/aromatic N) is 5. The monoisotopic (exact) mass is 511 g/mol. The van der Waals surface area contributed by atoms with Gasteiger partial charge in [0.05, 0.1) is 31.3 Å². The van der Waals surface area contributed by atoms with Crippen molar-refractivity contribution in [3.05, 3.63) is 68.4 Å². The smallest absolute Gasteiger partial charge is 0.275 e. The molecule has 11 heteroatoms. The molecule has 0 aromatic carbocycles. The molecule has 10 nitrogen and oxygen atoms in total. The quantitative estimate of drug-likeness (QED) is 0.297. The lowest BCUT2D eigenvalue weighted by atomic mass is 10.1. The number of methoxy groups -OCH3 is 2. The van der Waals surface area contributed by atoms with E-state index in [-0.39, 0.29) is 17.3 Å². The summed E-state index contributed by atoms with van der Waals surface area (Å²) in [7, 11) is 2.98. The maximum absolute atomic E-state index is 14.0. The summed E-state index contributed by atoms with van der Waals surface area (Å²) in [6.07, 6.45) is 7.11. The molecule has 4 rings (SSSR count). The van der Waals surface area contributed by atoms with Gasteiger partial charge in [0.2, 0.25) is 11.8 Å². The fraction of sp³-hybridized carbons (Fsp3) is 0.400. The van der Waals surface area contributed by atoms with Gasteiger partial charge in [-0.2, -0.15) is 4.98 Å². The van der Waals surface area contributed by atoms with E-state index in [9.17, 15) is 9.90 Å². The van der Waals surface area contributed by atoms with Crippen molar-refractivity contribution in [3.63, 3.8) is 0 Å². The molecule has 3 aromatic heterocycles. The van der Waals surface area contributed by atoms with Crippen LogP contribution in [-0.4, -0.2) is 44.1 Å². The van der Waals surface area contributed by atoms with E-state index in [0.717, 1.165) is 30.0 Å². The van der Waals surface area contributed by atoms with Crippen molar-refractivity contribution >= 4 is 17.0 Å². The van der Waals surface area contributed by atoms with Crippen LogP contribution in [0, 0.1) is 12.8 Å². The Bertz CT molecular complexity index is 1380. The van der Waals surface area contributed by atoms with Crippen molar-refractivity contribution < 1.29 is 19.0 Å². The van der Waals surface area contributed by atoms with Gasteiger partial charge in [0.1, 0.15) is 23.0 Å². The molecule has 36 heavy (non-hydrogen) atoms. The summed E-state index contributed by atoms with van der Waals surface area (Å²) in [5.41, 5.74) is 0.305. The number of thiazole rings is 1. The lowest BCUT2D eigenvalue weighted by molar-refractivity contribution is 0.285. The number of hydrogen-bond donors (Lipinski definition) is 1. The summed E-state index contributed by atoms with van der Waals surface area (Å²) in [5.74, 6) is 1.30. The third-order valence-electron chi connectivity index (χ3n) is 5.86. The highest BCUT2D eigenvalue weighted by molar-refractivity contribution is 7.09. The van der Waals surface area contributed by atoms with Crippen molar-refractivity contribution in [1.82, 2.24) is 24.7 Å². The topological polar surface area (TPSA) is 125 Å². The maximum atomic E-state index is 14.0. The van der Waals surface area contributed by atoms with Crippen molar-refractivity contribution in [1.29, 1.82) is 0 Å². The molecule has 0 amide bonds. The molecule has 1 aliphatic rings. The third-order valence-corrected chi connectivity index (χ3v) is 6.69. The number of ether oxygens (including phenoxy) is 2. The van der Waals surface area contributed by atoms with Gasteiger partial charge in [0.25, 0.3) is 11.4 Å². The minimum absolute atomic E-state index is 0.134. The van der Waals surface area contributed by atoms with Crippen LogP contribution in [0.25, 0.3) is 17.2 Å². The zero-order valence-corrected chi connectivity index (χ0v) is 21.6. The molecule has 1 fully saturated rings. The Morgan fingerprint density at radius 1 is 1.31 bits per heavy atom. The largest absolute Gasteiger partial charge is 0.495 e. The van der Waals surface area contributed by atoms with Gasteiger partial charge in [0.15, 0.2) is 5.56 Å². The number of aryl methyl sites for hydroxylation is 2. The van der Waals surface area contributed by atoms with E-state index in [1.807, 2.05) is 12.3 Å². The summed E-state index contributed by atoms with van der Waals surface area (Å²) < 4.78 is 18.2. The molecule has 0 aliphatic heterocycles. The number of aromatic hydroxyl groups is 1. The number of hydrogen-bond acceptors (Lipinski definition) is 10. The first kappa shape index (κ1) is 25.4. The average molecular weight is 512 g/mol. The Labute approximate surface area is 212 Å². The van der Waals surface area contributed by atoms with E-state index in [4.69, 9.17) is 13.9 Å². The van der Waals surface area contributed by atoms with E-state index >= 15 is 0 Å². The van der Waals surface area contributed by atoms with Gasteiger partial charge in [-0.3, -0.25) is 9.36 Å². The second-order valence-electron chi connectivity index (χ2n) is 8.36. The van der Waals surface area contributed by atoms with Gasteiger partial charge >= 0.3 is 0 Å². The van der Waals surface area contributed by atoms with Crippen LogP contribution in [0.1, 0.15) is 48.6 Å². The third kappa shape index (κ3) is 5.25. The van der Waals surface area contributed by atoms with Crippen LogP contribution in [0.3, 0.4) is 0 Å². The molecule has 0 spiro atoms. The molecule has 0 bridgehead atoms. The van der Waals surface area contributed by atoms with Crippen LogP contribution < -0.4 is 5.56 Å². The first-order chi connectivity index (χ1) is 17.4. The first-order valence-corrected chi connectivity index (χ1v) is 12.5. The van der Waals surface area contributed by atoms with E-state index in [1.165, 1.54) is 36.2 Å². The van der Waals surface area contributed by atoms with Crippen molar-refractivity contribution in [2.24, 2.45) is 5.92 Å². The van der Waals surface area contributed by atoms with E-state index < -0.39 is 11.4 Å². The number of allylic oxidation sites excluding steroid dienone is 3. The van der Waals surface area contributed by atoms with Gasteiger partial charge in [-0.25, -0.2) is 4.98 Å². The lowest BCUT2D eigenvalue weighted by Gasteiger charge is -2.20. The molecule has 1 aliphatic carbocycles. The highest BCUT2D eigenvalue weighted by Crippen LogP contribution is 2.35. The molecule has 3 aromatic rings. The molecular formula is C25H29N5O5S. The van der Waals surface area contributed by atoms with Crippen LogP contribution in [-0.2, 0) is 22.3 Å². The Kier molecular flexibility index (Phi) is 7.68. The van der Waals surface area contributed by atoms with E-state index in [2.05, 4.69) is 26.7 Å². The normalized spacial score (nSPS) is 14.5. The van der Waals surface area contributed by atoms with Crippen molar-refractivity contribution in [2.75, 3.05) is 14.2 Å². The molecule has 3 heterocycles. The second kappa shape index (κ2) is 10.9. The predicted octanol–water partition coefficient (Wildman–Crippen LogP) is 4.25. The lowest BCUT2D eigenvalue weighted by Crippen LogP contribution is -2.28. The summed E-state index contributed by atoms with van der Waals surface area (Å²) >= 11 is 1.52. The Balaban J connectivity index is 1.87. The number of rotatable bonds is 11. The fourth-order valence-electron chi connectivity index (χ4n) is 3.92. The molecule has 190 valence electrons. The molecular weight excluding hydrogens is 482 g/mol. The molecule has 1 saturated carbocycles. The molecule has 0 atom stereocenters. The Morgan fingerprint density at radius 2 is 2.08 bits per heavy atom. The fourth-order valence-corrected chi connectivity index (χ4v) is 4.53. The zero-order chi connectivity index (χ0) is 25.8. The van der Waals surface area contributed by atoms with Crippen molar-refractivity contribution in [2.45, 2.75) is 46.0 Å². The van der Waals surface area contributed by atoms with Gasteiger partial charge in [0, 0.05) is 11.8 Å². The minimum Gasteiger partial charge on any atom is -0.495 e. The summed E-state index contributed by atoms with van der Waals surface area (Å²) in [6.45, 7) is 7.51. The summed E-state index contributed by atoms with van der Waals surface area (Å²) in [4.78, 5) is 22.8. The average Bonchev–Trinajstić information content (AvgIpc) is 3.44. The summed E-state index contributed by atoms with van der Waals surface area (Å²) in [5, 5.41) is 21.7. The maximum Gasteiger partial charge on any atom is 0.275 e. The zero-order valence-electron chi connectivity index (χ0n) is 20.8. The van der Waals surface area contributed by atoms with E-state index in [0.29, 0.717) is 41.8 Å². The van der Waals surface area contributed by atoms with Gasteiger partial charge in [-0.05, 0) is 38.3 Å². The van der Waals surface area contributed by atoms with Crippen LogP contribution in [0.5, 0.6) is 5.88 Å². The number of aromatic nitrogens is 5. The van der Waals surface area contributed by atoms with Gasteiger partial charge in [-0.1, -0.05) is 19.4 Å². The molecule has 0 radical (unpaired) electrons. The molecule has 0 unspecified atom stereocenters. The minimum atomic E-state index is -0.587. The Hall–Kier alpha value is -3.73. The molecule has 0 saturated heterocycles. The van der Waals surface area contributed by atoms with E-state index in [1.54, 1.807) is 13.0 Å². The first-order valence-electron chi connectivity index (χ1n) is 11.6. The van der Waals surface area contributed by atoms with Gasteiger partial charge in [-0.15, -0.1) is 21.5 Å². The Morgan fingerprint density at radius 3 is 2.67 bits per heavy atom. The highest BCUT2D eigenvalue weighted by atomic mass is 32.1. The van der Waals surface area contributed by atoms with Gasteiger partial charge < -0.3 is 19.0 Å². The van der Waals surface area contributed by atoms with Crippen LogP contribution in [0.15, 0.2) is 44.8 Å². The molecule has 1 N–H and O–H groups in total. The van der Waals surface area contributed by atoms with Crippen LogP contribution in [0.2, 0.25) is 0 Å². The van der Waals surface area contributed by atoms with Crippen LogP contribution >= 0.6 is 11.3 Å². The standard InChI is InChI=1S/C25H29N5O5S/c1-6-17(33-4)22(18(7-2)34-5)30-19(11-10-15-8-9-15)27-23(31)21(25(30)32)24-29-28-20(35-24)12-16-13-36-14(3)26-16/h6-7,13,15,31H,1,8-12H2,2-5H3/b18-7+,22-17-. The predicted molar refractivity (Wildman–Crippen MR) is 135 cm³/mol. The van der Waals surface area contributed by atoms with Crippen LogP contribution in [0.4, 0.5) is 0 Å². The van der Waals surface area contributed by atoms with Crippen molar-refractivity contribution in [3.8, 4) is 17.3 Å². The second-order valence-corrected chi connectivity index (χ2v) is 9.43. The highest BCUT2D eigenvalue weighted by Gasteiger charge is 2.29. The summed E-state index contributed by atoms with van der Waals surface area (Å²) in [6, 6.07) is 0.